The molecule has 1 heterocycles. The van der Waals surface area contributed by atoms with Crippen LogP contribution in [0.15, 0.2) is 10.7 Å². The lowest BCUT2D eigenvalue weighted by atomic mass is 10.0. The van der Waals surface area contributed by atoms with Crippen molar-refractivity contribution in [3.8, 4) is 0 Å². The summed E-state index contributed by atoms with van der Waals surface area (Å²) in [5.74, 6) is 1.44. The summed E-state index contributed by atoms with van der Waals surface area (Å²) in [6, 6.07) is 0. The zero-order valence-electron chi connectivity index (χ0n) is 6.42. The van der Waals surface area contributed by atoms with Gasteiger partial charge in [-0.2, -0.15) is 0 Å². The molecule has 1 aromatic heterocycles. The van der Waals surface area contributed by atoms with Crippen LogP contribution < -0.4 is 5.73 Å². The minimum Gasteiger partial charge on any atom is -0.395 e. The maximum Gasteiger partial charge on any atom is 0.162 e. The number of aromatic nitrogens is 1. The molecule has 1 aliphatic rings. The molecule has 1 saturated carbocycles. The highest BCUT2D eigenvalue weighted by Gasteiger charge is 2.22. The van der Waals surface area contributed by atoms with Crippen LogP contribution in [0.1, 0.15) is 37.4 Å². The van der Waals surface area contributed by atoms with Gasteiger partial charge in [0.05, 0.1) is 11.9 Å². The minimum atomic E-state index is 0.539. The summed E-state index contributed by atoms with van der Waals surface area (Å²) in [5, 5.41) is 3.67. The second-order valence-corrected chi connectivity index (χ2v) is 3.13. The standard InChI is InChI=1S/C8H12N2O/c9-7-5-10-11-8(7)6-3-1-2-4-6/h5-6H,1-4,9H2. The van der Waals surface area contributed by atoms with Crippen LogP contribution in [-0.4, -0.2) is 5.16 Å². The summed E-state index contributed by atoms with van der Waals surface area (Å²) < 4.78 is 5.07. The SMILES string of the molecule is Nc1cnoc1C1CCCC1. The fourth-order valence-electron chi connectivity index (χ4n) is 1.75. The molecule has 0 amide bonds. The fourth-order valence-corrected chi connectivity index (χ4v) is 1.75. The lowest BCUT2D eigenvalue weighted by molar-refractivity contribution is 0.361. The zero-order valence-corrected chi connectivity index (χ0v) is 6.42. The molecule has 0 atom stereocenters. The van der Waals surface area contributed by atoms with Crippen LogP contribution in [0.25, 0.3) is 0 Å². The highest BCUT2D eigenvalue weighted by atomic mass is 16.5. The molecule has 1 fully saturated rings. The Morgan fingerprint density at radius 1 is 1.45 bits per heavy atom. The van der Waals surface area contributed by atoms with Gasteiger partial charge in [-0.1, -0.05) is 18.0 Å². The van der Waals surface area contributed by atoms with Crippen molar-refractivity contribution in [2.45, 2.75) is 31.6 Å². The quantitative estimate of drug-likeness (QED) is 0.668. The van der Waals surface area contributed by atoms with Gasteiger partial charge < -0.3 is 10.3 Å². The highest BCUT2D eigenvalue weighted by molar-refractivity contribution is 5.40. The van der Waals surface area contributed by atoms with Crippen LogP contribution in [-0.2, 0) is 0 Å². The Kier molecular flexibility index (Phi) is 1.56. The molecule has 0 saturated heterocycles. The molecule has 3 heteroatoms. The van der Waals surface area contributed by atoms with Gasteiger partial charge in [-0.3, -0.25) is 0 Å². The van der Waals surface area contributed by atoms with Crippen molar-refractivity contribution in [2.75, 3.05) is 5.73 Å². The Morgan fingerprint density at radius 3 is 2.73 bits per heavy atom. The van der Waals surface area contributed by atoms with Crippen LogP contribution in [0.5, 0.6) is 0 Å². The van der Waals surface area contributed by atoms with Crippen molar-refractivity contribution >= 4 is 5.69 Å². The van der Waals surface area contributed by atoms with Gasteiger partial charge in [0.1, 0.15) is 0 Å². The monoisotopic (exact) mass is 152 g/mol. The molecule has 0 aromatic carbocycles. The molecule has 2 N–H and O–H groups in total. The van der Waals surface area contributed by atoms with Gasteiger partial charge in [-0.15, -0.1) is 0 Å². The van der Waals surface area contributed by atoms with Crippen LogP contribution in [0.2, 0.25) is 0 Å². The molecule has 0 aliphatic heterocycles. The summed E-state index contributed by atoms with van der Waals surface area (Å²) in [4.78, 5) is 0. The highest BCUT2D eigenvalue weighted by Crippen LogP contribution is 2.36. The van der Waals surface area contributed by atoms with Crippen molar-refractivity contribution in [3.63, 3.8) is 0 Å². The molecular formula is C8H12N2O. The average molecular weight is 152 g/mol. The minimum absolute atomic E-state index is 0.539. The first-order chi connectivity index (χ1) is 5.38. The predicted octanol–water partition coefficient (Wildman–Crippen LogP) is 1.91. The second kappa shape index (κ2) is 2.57. The molecule has 0 radical (unpaired) electrons. The number of nitrogen functional groups attached to an aromatic ring is 1. The smallest absolute Gasteiger partial charge is 0.162 e. The van der Waals surface area contributed by atoms with Crippen LogP contribution in [0.3, 0.4) is 0 Å². The van der Waals surface area contributed by atoms with Crippen LogP contribution >= 0.6 is 0 Å². The normalized spacial score (nSPS) is 19.3. The van der Waals surface area contributed by atoms with Gasteiger partial charge in [0.25, 0.3) is 0 Å². The Balaban J connectivity index is 2.21. The van der Waals surface area contributed by atoms with Crippen molar-refractivity contribution in [2.24, 2.45) is 0 Å². The molecule has 0 unspecified atom stereocenters. The first kappa shape index (κ1) is 6.70. The Morgan fingerprint density at radius 2 is 2.18 bits per heavy atom. The first-order valence-electron chi connectivity index (χ1n) is 4.08. The maximum absolute atomic E-state index is 5.66. The van der Waals surface area contributed by atoms with E-state index >= 15 is 0 Å². The fraction of sp³-hybridized carbons (Fsp3) is 0.625. The molecule has 0 spiro atoms. The van der Waals surface area contributed by atoms with E-state index < -0.39 is 0 Å². The van der Waals surface area contributed by atoms with E-state index in [4.69, 9.17) is 10.3 Å². The van der Waals surface area contributed by atoms with Gasteiger partial charge in [-0.25, -0.2) is 0 Å². The molecule has 60 valence electrons. The van der Waals surface area contributed by atoms with E-state index in [9.17, 15) is 0 Å². The lowest BCUT2D eigenvalue weighted by Crippen LogP contribution is -1.94. The van der Waals surface area contributed by atoms with Gasteiger partial charge >= 0.3 is 0 Å². The Bertz CT molecular complexity index is 238. The number of nitrogens with two attached hydrogens (primary N) is 1. The predicted molar refractivity (Wildman–Crippen MR) is 42.1 cm³/mol. The molecule has 3 nitrogen and oxygen atoms in total. The van der Waals surface area contributed by atoms with E-state index in [0.29, 0.717) is 5.92 Å². The van der Waals surface area contributed by atoms with Gasteiger partial charge in [0.2, 0.25) is 0 Å². The van der Waals surface area contributed by atoms with E-state index in [-0.39, 0.29) is 0 Å². The number of nitrogens with zero attached hydrogens (tertiary/aromatic N) is 1. The van der Waals surface area contributed by atoms with Crippen molar-refractivity contribution in [1.82, 2.24) is 5.16 Å². The zero-order chi connectivity index (χ0) is 7.68. The average Bonchev–Trinajstić information content (AvgIpc) is 2.55. The number of anilines is 1. The van der Waals surface area contributed by atoms with E-state index in [1.165, 1.54) is 25.7 Å². The molecule has 1 aromatic rings. The van der Waals surface area contributed by atoms with Gasteiger partial charge in [-0.05, 0) is 12.8 Å². The third-order valence-electron chi connectivity index (χ3n) is 2.35. The summed E-state index contributed by atoms with van der Waals surface area (Å²) in [6.45, 7) is 0. The lowest BCUT2D eigenvalue weighted by Gasteiger charge is -2.02. The Hall–Kier alpha value is -0.990. The summed E-state index contributed by atoms with van der Waals surface area (Å²) >= 11 is 0. The van der Waals surface area contributed by atoms with Crippen molar-refractivity contribution < 1.29 is 4.52 Å². The molecule has 0 bridgehead atoms. The molecule has 1 aliphatic carbocycles. The number of rotatable bonds is 1. The topological polar surface area (TPSA) is 52.0 Å². The van der Waals surface area contributed by atoms with Crippen LogP contribution in [0, 0.1) is 0 Å². The summed E-state index contributed by atoms with van der Waals surface area (Å²) in [7, 11) is 0. The van der Waals surface area contributed by atoms with E-state index in [0.717, 1.165) is 11.4 Å². The molecular weight excluding hydrogens is 140 g/mol. The van der Waals surface area contributed by atoms with E-state index in [1.807, 2.05) is 0 Å². The third-order valence-corrected chi connectivity index (χ3v) is 2.35. The van der Waals surface area contributed by atoms with E-state index in [1.54, 1.807) is 6.20 Å². The van der Waals surface area contributed by atoms with Gasteiger partial charge in [0, 0.05) is 5.92 Å². The number of hydrogen-bond acceptors (Lipinski definition) is 3. The molecule has 2 rings (SSSR count). The summed E-state index contributed by atoms with van der Waals surface area (Å²) in [6.07, 6.45) is 6.60. The van der Waals surface area contributed by atoms with Crippen LogP contribution in [0.4, 0.5) is 5.69 Å². The second-order valence-electron chi connectivity index (χ2n) is 3.13. The first-order valence-corrected chi connectivity index (χ1v) is 4.08. The number of hydrogen-bond donors (Lipinski definition) is 1. The third kappa shape index (κ3) is 1.11. The van der Waals surface area contributed by atoms with Gasteiger partial charge in [0.15, 0.2) is 5.76 Å². The molecule has 11 heavy (non-hydrogen) atoms. The Labute approximate surface area is 65.6 Å². The maximum atomic E-state index is 5.66. The van der Waals surface area contributed by atoms with E-state index in [2.05, 4.69) is 5.16 Å². The summed E-state index contributed by atoms with van der Waals surface area (Å²) in [5.41, 5.74) is 6.38. The largest absolute Gasteiger partial charge is 0.395 e. The van der Waals surface area contributed by atoms with Crippen molar-refractivity contribution in [1.29, 1.82) is 0 Å². The van der Waals surface area contributed by atoms with Crippen molar-refractivity contribution in [3.05, 3.63) is 12.0 Å².